The molecule has 0 atom stereocenters. The molecule has 0 aliphatic carbocycles. The average molecular weight is 428 g/mol. The lowest BCUT2D eigenvalue weighted by atomic mass is 10.1. The predicted octanol–water partition coefficient (Wildman–Crippen LogP) is 4.50. The summed E-state index contributed by atoms with van der Waals surface area (Å²) in [4.78, 5) is 5.61. The Morgan fingerprint density at radius 3 is 2.69 bits per heavy atom. The highest BCUT2D eigenvalue weighted by atomic mass is 32.2. The van der Waals surface area contributed by atoms with Gasteiger partial charge in [0.05, 0.1) is 10.6 Å². The average Bonchev–Trinajstić information content (AvgIpc) is 3.39. The fourth-order valence-electron chi connectivity index (χ4n) is 2.87. The van der Waals surface area contributed by atoms with Crippen molar-refractivity contribution in [2.45, 2.75) is 38.3 Å². The van der Waals surface area contributed by atoms with E-state index in [1.165, 1.54) is 16.4 Å². The summed E-state index contributed by atoms with van der Waals surface area (Å²) in [5.41, 5.74) is 3.17. The molecule has 4 rings (SSSR count). The maximum Gasteiger partial charge on any atom is 0.236 e. The van der Waals surface area contributed by atoms with Crippen LogP contribution in [0.2, 0.25) is 0 Å². The summed E-state index contributed by atoms with van der Waals surface area (Å²) in [6.07, 6.45) is 0. The van der Waals surface area contributed by atoms with Gasteiger partial charge < -0.3 is 15.0 Å². The van der Waals surface area contributed by atoms with Crippen LogP contribution in [0.1, 0.15) is 28.4 Å². The van der Waals surface area contributed by atoms with Crippen LogP contribution in [0.3, 0.4) is 0 Å². The quantitative estimate of drug-likeness (QED) is 0.343. The van der Waals surface area contributed by atoms with E-state index in [-0.39, 0.29) is 6.61 Å². The van der Waals surface area contributed by atoms with E-state index in [4.69, 9.17) is 15.0 Å². The summed E-state index contributed by atoms with van der Waals surface area (Å²) >= 11 is 3.06. The number of nitrogens with zero attached hydrogens (tertiary/aromatic N) is 4. The van der Waals surface area contributed by atoms with Crippen LogP contribution in [0.4, 0.5) is 0 Å². The van der Waals surface area contributed by atoms with E-state index in [0.29, 0.717) is 22.6 Å². The van der Waals surface area contributed by atoms with Gasteiger partial charge in [-0.25, -0.2) is 9.66 Å². The second-order valence-electron chi connectivity index (χ2n) is 6.67. The molecule has 0 radical (unpaired) electrons. The molecular formula is C20H21N5O2S2. The number of rotatable bonds is 7. The van der Waals surface area contributed by atoms with Crippen LogP contribution in [-0.2, 0) is 12.4 Å². The number of thiophene rings is 1. The van der Waals surface area contributed by atoms with Gasteiger partial charge in [-0.05, 0) is 55.5 Å². The zero-order chi connectivity index (χ0) is 20.4. The maximum absolute atomic E-state index is 6.16. The molecule has 4 aromatic rings. The molecule has 0 saturated carbocycles. The Balaban J connectivity index is 1.40. The summed E-state index contributed by atoms with van der Waals surface area (Å²) in [5.74, 6) is 9.54. The van der Waals surface area contributed by atoms with E-state index < -0.39 is 0 Å². The van der Waals surface area contributed by atoms with Gasteiger partial charge in [-0.1, -0.05) is 23.9 Å². The number of nitrogen functional groups attached to an aromatic ring is 1. The topological polar surface area (TPSA) is 92.0 Å². The molecule has 1 aromatic carbocycles. The molecule has 2 N–H and O–H groups in total. The minimum Gasteiger partial charge on any atom is -0.486 e. The lowest BCUT2D eigenvalue weighted by molar-refractivity contribution is 0.291. The number of thioether (sulfide) groups is 1. The van der Waals surface area contributed by atoms with Crippen LogP contribution in [-0.4, -0.2) is 19.9 Å². The molecule has 7 nitrogen and oxygen atoms in total. The zero-order valence-corrected chi connectivity index (χ0v) is 18.0. The van der Waals surface area contributed by atoms with E-state index in [2.05, 4.69) is 21.2 Å². The van der Waals surface area contributed by atoms with E-state index in [9.17, 15) is 0 Å². The van der Waals surface area contributed by atoms with Crippen molar-refractivity contribution in [3.63, 3.8) is 0 Å². The Morgan fingerprint density at radius 1 is 1.17 bits per heavy atom. The Kier molecular flexibility index (Phi) is 5.59. The number of aromatic nitrogens is 4. The molecule has 29 heavy (non-hydrogen) atoms. The van der Waals surface area contributed by atoms with Gasteiger partial charge in [0.2, 0.25) is 11.0 Å². The number of nitrogens with two attached hydrogens (primary N) is 1. The molecule has 0 fully saturated rings. The maximum atomic E-state index is 6.16. The van der Waals surface area contributed by atoms with Crippen molar-refractivity contribution >= 4 is 23.1 Å². The molecular weight excluding hydrogens is 406 g/mol. The van der Waals surface area contributed by atoms with E-state index >= 15 is 0 Å². The second-order valence-corrected chi connectivity index (χ2v) is 8.56. The number of benzene rings is 1. The van der Waals surface area contributed by atoms with Crippen molar-refractivity contribution in [2.24, 2.45) is 0 Å². The number of hydrogen-bond donors (Lipinski definition) is 1. The molecule has 0 bridgehead atoms. The van der Waals surface area contributed by atoms with Gasteiger partial charge in [0.15, 0.2) is 5.82 Å². The molecule has 3 aromatic heterocycles. The molecule has 0 aliphatic rings. The first-order valence-corrected chi connectivity index (χ1v) is 10.9. The monoisotopic (exact) mass is 427 g/mol. The minimum absolute atomic E-state index is 0.248. The highest BCUT2D eigenvalue weighted by Crippen LogP contribution is 2.29. The Bertz CT molecular complexity index is 1100. The summed E-state index contributed by atoms with van der Waals surface area (Å²) in [6, 6.07) is 10.0. The van der Waals surface area contributed by atoms with Crippen LogP contribution < -0.4 is 10.6 Å². The lowest BCUT2D eigenvalue weighted by Crippen LogP contribution is -2.15. The molecule has 9 heteroatoms. The fourth-order valence-corrected chi connectivity index (χ4v) is 4.39. The first kappa shape index (κ1) is 19.5. The van der Waals surface area contributed by atoms with Gasteiger partial charge in [0.1, 0.15) is 18.1 Å². The van der Waals surface area contributed by atoms with Crippen molar-refractivity contribution in [3.05, 3.63) is 64.1 Å². The predicted molar refractivity (Wildman–Crippen MR) is 115 cm³/mol. The summed E-state index contributed by atoms with van der Waals surface area (Å²) in [5, 5.41) is 10.9. The standard InChI is InChI=1S/C20H21N5O2S2/c1-12-7-13(2)9-15(8-12)26-10-18-23-24-20(25(18)21)29-11-16-14(3)27-19(22-16)17-5-4-6-28-17/h4-9H,10-11,21H2,1-3H3. The zero-order valence-electron chi connectivity index (χ0n) is 16.4. The normalized spacial score (nSPS) is 11.1. The van der Waals surface area contributed by atoms with E-state index in [1.54, 1.807) is 11.3 Å². The largest absolute Gasteiger partial charge is 0.486 e. The first-order valence-electron chi connectivity index (χ1n) is 9.03. The minimum atomic E-state index is 0.248. The third kappa shape index (κ3) is 4.46. The van der Waals surface area contributed by atoms with Gasteiger partial charge >= 0.3 is 0 Å². The van der Waals surface area contributed by atoms with Crippen molar-refractivity contribution < 1.29 is 9.15 Å². The molecule has 0 aliphatic heterocycles. The van der Waals surface area contributed by atoms with Crippen LogP contribution in [0.15, 0.2) is 45.3 Å². The molecule has 3 heterocycles. The van der Waals surface area contributed by atoms with Crippen molar-refractivity contribution in [2.75, 3.05) is 5.84 Å². The SMILES string of the molecule is Cc1cc(C)cc(OCc2nnc(SCc3nc(-c4cccs4)oc3C)n2N)c1. The number of aryl methyl sites for hydroxylation is 3. The summed E-state index contributed by atoms with van der Waals surface area (Å²) < 4.78 is 13.1. The Labute approximate surface area is 176 Å². The summed E-state index contributed by atoms with van der Waals surface area (Å²) in [7, 11) is 0. The van der Waals surface area contributed by atoms with Crippen LogP contribution in [0.25, 0.3) is 10.8 Å². The molecule has 0 amide bonds. The number of hydrogen-bond acceptors (Lipinski definition) is 8. The van der Waals surface area contributed by atoms with Crippen molar-refractivity contribution in [1.29, 1.82) is 0 Å². The molecule has 0 unspecified atom stereocenters. The van der Waals surface area contributed by atoms with Gasteiger partial charge in [-0.3, -0.25) is 0 Å². The number of ether oxygens (including phenoxy) is 1. The smallest absolute Gasteiger partial charge is 0.236 e. The Morgan fingerprint density at radius 2 is 1.97 bits per heavy atom. The van der Waals surface area contributed by atoms with Crippen LogP contribution in [0.5, 0.6) is 5.75 Å². The van der Waals surface area contributed by atoms with Gasteiger partial charge in [-0.2, -0.15) is 0 Å². The van der Waals surface area contributed by atoms with Gasteiger partial charge in [0, 0.05) is 5.75 Å². The van der Waals surface area contributed by atoms with Gasteiger partial charge in [-0.15, -0.1) is 21.5 Å². The Hall–Kier alpha value is -2.78. The molecule has 0 spiro atoms. The van der Waals surface area contributed by atoms with Crippen molar-refractivity contribution in [3.8, 4) is 16.5 Å². The van der Waals surface area contributed by atoms with Gasteiger partial charge in [0.25, 0.3) is 0 Å². The third-order valence-electron chi connectivity index (χ3n) is 4.26. The fraction of sp³-hybridized carbons (Fsp3) is 0.250. The van der Waals surface area contributed by atoms with Crippen molar-refractivity contribution in [1.82, 2.24) is 19.9 Å². The summed E-state index contributed by atoms with van der Waals surface area (Å²) in [6.45, 7) is 6.24. The van der Waals surface area contributed by atoms with Crippen LogP contribution in [0, 0.1) is 20.8 Å². The highest BCUT2D eigenvalue weighted by molar-refractivity contribution is 7.98. The lowest BCUT2D eigenvalue weighted by Gasteiger charge is -2.08. The van der Waals surface area contributed by atoms with E-state index in [1.807, 2.05) is 50.4 Å². The molecule has 0 saturated heterocycles. The third-order valence-corrected chi connectivity index (χ3v) is 6.07. The number of oxazole rings is 1. The molecule has 150 valence electrons. The van der Waals surface area contributed by atoms with E-state index in [0.717, 1.165) is 33.2 Å². The first-order chi connectivity index (χ1) is 14.0. The van der Waals surface area contributed by atoms with Crippen LogP contribution >= 0.6 is 23.1 Å². The highest BCUT2D eigenvalue weighted by Gasteiger charge is 2.16. The second kappa shape index (κ2) is 8.30.